The fourth-order valence-corrected chi connectivity index (χ4v) is 1.75. The average Bonchev–Trinajstić information content (AvgIpc) is 2.86. The molecule has 4 heteroatoms. The molecule has 1 N–H and O–H groups in total. The fourth-order valence-electron chi connectivity index (χ4n) is 1.75. The summed E-state index contributed by atoms with van der Waals surface area (Å²) in [5.74, 6) is 0.852. The summed E-state index contributed by atoms with van der Waals surface area (Å²) in [6, 6.07) is 7.85. The van der Waals surface area contributed by atoms with E-state index in [4.69, 9.17) is 9.15 Å². The molecule has 1 heterocycles. The van der Waals surface area contributed by atoms with E-state index < -0.39 is 11.9 Å². The van der Waals surface area contributed by atoms with Crippen molar-refractivity contribution in [2.45, 2.75) is 19.4 Å². The van der Waals surface area contributed by atoms with Crippen molar-refractivity contribution in [3.05, 3.63) is 53.2 Å². The molecule has 1 unspecified atom stereocenters. The molecule has 96 valence electrons. The van der Waals surface area contributed by atoms with Gasteiger partial charge < -0.3 is 14.3 Å². The molecule has 2 aromatic rings. The zero-order valence-corrected chi connectivity index (χ0v) is 10.3. The Morgan fingerprint density at radius 2 is 2.11 bits per heavy atom. The van der Waals surface area contributed by atoms with Gasteiger partial charge in [-0.25, -0.2) is 4.39 Å². The summed E-state index contributed by atoms with van der Waals surface area (Å²) in [4.78, 5) is 0. The minimum Gasteiger partial charge on any atom is -0.494 e. The van der Waals surface area contributed by atoms with Crippen LogP contribution in [0.1, 0.15) is 30.1 Å². The van der Waals surface area contributed by atoms with Gasteiger partial charge in [-0.1, -0.05) is 13.0 Å². The second-order valence-electron chi connectivity index (χ2n) is 3.95. The molecule has 0 amide bonds. The lowest BCUT2D eigenvalue weighted by Gasteiger charge is -2.10. The van der Waals surface area contributed by atoms with Crippen molar-refractivity contribution in [1.82, 2.24) is 0 Å². The van der Waals surface area contributed by atoms with E-state index in [2.05, 4.69) is 0 Å². The standard InChI is InChI=1S/C14H15FO3/c1-3-10-5-7-13(18-10)14(16)9-4-6-12(17-2)11(15)8-9/h4-8,14,16H,3H2,1-2H3. The topological polar surface area (TPSA) is 42.6 Å². The highest BCUT2D eigenvalue weighted by molar-refractivity contribution is 5.33. The third-order valence-electron chi connectivity index (χ3n) is 2.79. The third kappa shape index (κ3) is 2.38. The summed E-state index contributed by atoms with van der Waals surface area (Å²) in [7, 11) is 1.40. The van der Waals surface area contributed by atoms with Gasteiger partial charge in [-0.15, -0.1) is 0 Å². The van der Waals surface area contributed by atoms with Gasteiger partial charge in [-0.05, 0) is 29.8 Å². The van der Waals surface area contributed by atoms with Crippen molar-refractivity contribution in [3.8, 4) is 5.75 Å². The van der Waals surface area contributed by atoms with Crippen LogP contribution in [-0.2, 0) is 6.42 Å². The van der Waals surface area contributed by atoms with Gasteiger partial charge >= 0.3 is 0 Å². The quantitative estimate of drug-likeness (QED) is 0.906. The van der Waals surface area contributed by atoms with Gasteiger partial charge in [0, 0.05) is 6.42 Å². The van der Waals surface area contributed by atoms with E-state index in [-0.39, 0.29) is 5.75 Å². The van der Waals surface area contributed by atoms with Crippen molar-refractivity contribution in [2.75, 3.05) is 7.11 Å². The van der Waals surface area contributed by atoms with Crippen molar-refractivity contribution in [3.63, 3.8) is 0 Å². The maximum Gasteiger partial charge on any atom is 0.165 e. The van der Waals surface area contributed by atoms with E-state index in [1.54, 1.807) is 18.2 Å². The highest BCUT2D eigenvalue weighted by Gasteiger charge is 2.16. The molecule has 0 bridgehead atoms. The number of methoxy groups -OCH3 is 1. The Hall–Kier alpha value is -1.81. The first kappa shape index (κ1) is 12.6. The van der Waals surface area contributed by atoms with Crippen LogP contribution < -0.4 is 4.74 Å². The molecular weight excluding hydrogens is 235 g/mol. The van der Waals surface area contributed by atoms with Gasteiger partial charge in [0.2, 0.25) is 0 Å². The number of rotatable bonds is 4. The fraction of sp³-hybridized carbons (Fsp3) is 0.286. The number of aryl methyl sites for hydroxylation is 1. The van der Waals surface area contributed by atoms with Crippen molar-refractivity contribution < 1.29 is 18.7 Å². The summed E-state index contributed by atoms with van der Waals surface area (Å²) < 4.78 is 23.8. The zero-order valence-electron chi connectivity index (χ0n) is 10.3. The first-order valence-corrected chi connectivity index (χ1v) is 5.75. The minimum atomic E-state index is -0.967. The van der Waals surface area contributed by atoms with E-state index in [1.807, 2.05) is 6.92 Å². The maximum absolute atomic E-state index is 13.5. The lowest BCUT2D eigenvalue weighted by Crippen LogP contribution is -1.99. The summed E-state index contributed by atoms with van der Waals surface area (Å²) >= 11 is 0. The molecule has 0 aliphatic heterocycles. The Labute approximate surface area is 105 Å². The maximum atomic E-state index is 13.5. The van der Waals surface area contributed by atoms with Crippen molar-refractivity contribution >= 4 is 0 Å². The predicted molar refractivity (Wildman–Crippen MR) is 65.1 cm³/mol. The van der Waals surface area contributed by atoms with Gasteiger partial charge in [0.1, 0.15) is 17.6 Å². The largest absolute Gasteiger partial charge is 0.494 e. The summed E-state index contributed by atoms with van der Waals surface area (Å²) in [6.07, 6.45) is -0.213. The smallest absolute Gasteiger partial charge is 0.165 e. The Bertz CT molecular complexity index is 534. The molecule has 0 saturated heterocycles. The van der Waals surface area contributed by atoms with E-state index in [0.717, 1.165) is 12.2 Å². The summed E-state index contributed by atoms with van der Waals surface area (Å²) in [5.41, 5.74) is 0.435. The number of ether oxygens (including phenoxy) is 1. The number of hydrogen-bond donors (Lipinski definition) is 1. The van der Waals surface area contributed by atoms with Crippen LogP contribution >= 0.6 is 0 Å². The summed E-state index contributed by atoms with van der Waals surface area (Å²) in [6.45, 7) is 1.96. The summed E-state index contributed by atoms with van der Waals surface area (Å²) in [5, 5.41) is 10.1. The monoisotopic (exact) mass is 250 g/mol. The van der Waals surface area contributed by atoms with Crippen LogP contribution in [0.2, 0.25) is 0 Å². The lowest BCUT2D eigenvalue weighted by atomic mass is 10.1. The minimum absolute atomic E-state index is 0.152. The van der Waals surface area contributed by atoms with Crippen LogP contribution in [0.4, 0.5) is 4.39 Å². The Morgan fingerprint density at radius 3 is 2.67 bits per heavy atom. The molecule has 0 spiro atoms. The molecule has 1 atom stereocenters. The number of aliphatic hydroxyl groups is 1. The SMILES string of the molecule is CCc1ccc(C(O)c2ccc(OC)c(F)c2)o1. The Morgan fingerprint density at radius 1 is 1.33 bits per heavy atom. The molecule has 0 fully saturated rings. The van der Waals surface area contributed by atoms with Gasteiger partial charge in [0.25, 0.3) is 0 Å². The molecule has 1 aromatic carbocycles. The van der Waals surface area contributed by atoms with Crippen molar-refractivity contribution in [1.29, 1.82) is 0 Å². The highest BCUT2D eigenvalue weighted by atomic mass is 19.1. The van der Waals surface area contributed by atoms with Gasteiger partial charge in [-0.3, -0.25) is 0 Å². The molecular formula is C14H15FO3. The normalized spacial score (nSPS) is 12.4. The first-order chi connectivity index (χ1) is 8.65. The number of aliphatic hydroxyl groups excluding tert-OH is 1. The van der Waals surface area contributed by atoms with Crippen LogP contribution in [0.15, 0.2) is 34.7 Å². The molecule has 0 saturated carbocycles. The molecule has 1 aromatic heterocycles. The van der Waals surface area contributed by atoms with Gasteiger partial charge in [0.15, 0.2) is 11.6 Å². The van der Waals surface area contributed by atoms with E-state index >= 15 is 0 Å². The number of furan rings is 1. The Kier molecular flexibility index (Phi) is 3.67. The van der Waals surface area contributed by atoms with Gasteiger partial charge in [-0.2, -0.15) is 0 Å². The second-order valence-corrected chi connectivity index (χ2v) is 3.95. The lowest BCUT2D eigenvalue weighted by molar-refractivity contribution is 0.186. The van der Waals surface area contributed by atoms with Crippen LogP contribution in [0.3, 0.4) is 0 Å². The third-order valence-corrected chi connectivity index (χ3v) is 2.79. The van der Waals surface area contributed by atoms with Crippen LogP contribution in [-0.4, -0.2) is 12.2 Å². The van der Waals surface area contributed by atoms with E-state index in [0.29, 0.717) is 11.3 Å². The molecule has 0 aliphatic carbocycles. The van der Waals surface area contributed by atoms with Crippen LogP contribution in [0.5, 0.6) is 5.75 Å². The average molecular weight is 250 g/mol. The van der Waals surface area contributed by atoms with Crippen molar-refractivity contribution in [2.24, 2.45) is 0 Å². The molecule has 0 aliphatic rings. The molecule has 3 nitrogen and oxygen atoms in total. The Balaban J connectivity index is 2.27. The van der Waals surface area contributed by atoms with E-state index in [9.17, 15) is 9.50 Å². The predicted octanol–water partition coefficient (Wildman–Crippen LogP) is 3.07. The molecule has 0 radical (unpaired) electrons. The van der Waals surface area contributed by atoms with Crippen LogP contribution in [0.25, 0.3) is 0 Å². The zero-order chi connectivity index (χ0) is 13.1. The first-order valence-electron chi connectivity index (χ1n) is 5.75. The van der Waals surface area contributed by atoms with E-state index in [1.165, 1.54) is 19.2 Å². The second kappa shape index (κ2) is 5.23. The number of halogens is 1. The van der Waals surface area contributed by atoms with Gasteiger partial charge in [0.05, 0.1) is 7.11 Å². The highest BCUT2D eigenvalue weighted by Crippen LogP contribution is 2.27. The molecule has 2 rings (SSSR count). The number of benzene rings is 1. The van der Waals surface area contributed by atoms with Crippen LogP contribution in [0, 0.1) is 5.82 Å². The molecule has 18 heavy (non-hydrogen) atoms. The number of hydrogen-bond acceptors (Lipinski definition) is 3.